The van der Waals surface area contributed by atoms with Gasteiger partial charge >= 0.3 is 5.97 Å². The van der Waals surface area contributed by atoms with Crippen molar-refractivity contribution in [2.24, 2.45) is 0 Å². The number of ether oxygens (including phenoxy) is 2. The maximum Gasteiger partial charge on any atom is 0.306 e. The normalized spacial score (nSPS) is 16.9. The van der Waals surface area contributed by atoms with Crippen molar-refractivity contribution in [3.63, 3.8) is 0 Å². The van der Waals surface area contributed by atoms with E-state index < -0.39 is 10.0 Å². The molecular formula is C33H40N2O6S. The number of hydrogen-bond acceptors (Lipinski definition) is 6. The third-order valence-corrected chi connectivity index (χ3v) is 9.41. The minimum Gasteiger partial charge on any atom is -0.488 e. The van der Waals surface area contributed by atoms with E-state index in [-0.39, 0.29) is 61.3 Å². The van der Waals surface area contributed by atoms with Crippen molar-refractivity contribution < 1.29 is 27.5 Å². The molecule has 0 bridgehead atoms. The van der Waals surface area contributed by atoms with Gasteiger partial charge in [-0.05, 0) is 67.5 Å². The predicted octanol–water partition coefficient (Wildman–Crippen LogP) is 5.44. The fourth-order valence-corrected chi connectivity index (χ4v) is 6.85. The average Bonchev–Trinajstić information content (AvgIpc) is 3.05. The van der Waals surface area contributed by atoms with Crippen LogP contribution in [0.25, 0.3) is 0 Å². The topological polar surface area (TPSA) is 93.2 Å². The first kappa shape index (κ1) is 31.3. The van der Waals surface area contributed by atoms with E-state index in [4.69, 9.17) is 9.47 Å². The molecule has 1 unspecified atom stereocenters. The Balaban J connectivity index is 1.55. The summed E-state index contributed by atoms with van der Waals surface area (Å²) in [5.41, 5.74) is 3.70. The monoisotopic (exact) mass is 592 g/mol. The van der Waals surface area contributed by atoms with Gasteiger partial charge in [0.2, 0.25) is 15.9 Å². The molecule has 9 heteroatoms. The molecule has 3 aromatic rings. The van der Waals surface area contributed by atoms with Gasteiger partial charge in [-0.3, -0.25) is 9.59 Å². The molecule has 1 amide bonds. The van der Waals surface area contributed by atoms with Crippen LogP contribution < -0.4 is 4.74 Å². The van der Waals surface area contributed by atoms with Gasteiger partial charge in [0.15, 0.2) is 0 Å². The van der Waals surface area contributed by atoms with Crippen LogP contribution in [-0.4, -0.2) is 55.8 Å². The van der Waals surface area contributed by atoms with Gasteiger partial charge in [0.25, 0.3) is 0 Å². The van der Waals surface area contributed by atoms with Gasteiger partial charge in [-0.1, -0.05) is 60.7 Å². The van der Waals surface area contributed by atoms with Crippen LogP contribution in [0.3, 0.4) is 0 Å². The summed E-state index contributed by atoms with van der Waals surface area (Å²) in [7, 11) is -2.02. The molecule has 1 heterocycles. The Bertz CT molecular complexity index is 1490. The van der Waals surface area contributed by atoms with Crippen LogP contribution in [0, 0.1) is 6.92 Å². The molecule has 1 aliphatic heterocycles. The molecule has 0 fully saturated rings. The Hall–Kier alpha value is -3.69. The second-order valence-electron chi connectivity index (χ2n) is 10.8. The number of rotatable bonds is 11. The molecule has 224 valence electrons. The number of fused-ring (bicyclic) bond motifs is 1. The smallest absolute Gasteiger partial charge is 0.306 e. The first-order chi connectivity index (χ1) is 20.1. The third-order valence-electron chi connectivity index (χ3n) is 7.56. The molecule has 0 spiro atoms. The largest absolute Gasteiger partial charge is 0.488 e. The van der Waals surface area contributed by atoms with Gasteiger partial charge in [0.05, 0.1) is 19.6 Å². The standard InChI is InChI=1S/C33H40N2O6S/c1-5-40-33(37)20-28(17-18-32(36)34(4)22-26-11-7-6-8-12-26)27-16-15-24(2)29(19-27)23-35-21-25(3)41-30-13-9-10-14-31(30)42(35,38)39/h6-16,19,25,28H,5,17-18,20-23H2,1-4H3/t25-,28?/m0/s1. The maximum absolute atomic E-state index is 13.6. The summed E-state index contributed by atoms with van der Waals surface area (Å²) >= 11 is 0. The van der Waals surface area contributed by atoms with E-state index in [1.165, 1.54) is 4.31 Å². The van der Waals surface area contributed by atoms with Gasteiger partial charge in [-0.15, -0.1) is 0 Å². The highest BCUT2D eigenvalue weighted by atomic mass is 32.2. The number of nitrogens with zero attached hydrogens (tertiary/aromatic N) is 2. The summed E-state index contributed by atoms with van der Waals surface area (Å²) in [5.74, 6) is -0.244. The van der Waals surface area contributed by atoms with Crippen molar-refractivity contribution in [3.8, 4) is 5.75 Å². The molecule has 0 saturated heterocycles. The Morgan fingerprint density at radius 1 is 1.07 bits per heavy atom. The Morgan fingerprint density at radius 3 is 2.52 bits per heavy atom. The Morgan fingerprint density at radius 2 is 1.79 bits per heavy atom. The lowest BCUT2D eigenvalue weighted by atomic mass is 9.88. The molecule has 2 atom stereocenters. The van der Waals surface area contributed by atoms with Gasteiger partial charge in [-0.25, -0.2) is 8.42 Å². The molecular weight excluding hydrogens is 552 g/mol. The molecule has 1 aliphatic rings. The molecule has 0 saturated carbocycles. The minimum atomic E-state index is -3.80. The first-order valence-corrected chi connectivity index (χ1v) is 15.8. The predicted molar refractivity (Wildman–Crippen MR) is 161 cm³/mol. The van der Waals surface area contributed by atoms with E-state index in [0.717, 1.165) is 22.3 Å². The number of carbonyl (C=O) groups is 2. The van der Waals surface area contributed by atoms with Crippen LogP contribution in [0.5, 0.6) is 5.75 Å². The van der Waals surface area contributed by atoms with E-state index in [9.17, 15) is 18.0 Å². The van der Waals surface area contributed by atoms with Crippen LogP contribution in [0.15, 0.2) is 77.7 Å². The number of benzene rings is 3. The molecule has 42 heavy (non-hydrogen) atoms. The Kier molecular flexibility index (Phi) is 10.4. The summed E-state index contributed by atoms with van der Waals surface area (Å²) in [6.45, 7) is 6.72. The third kappa shape index (κ3) is 7.77. The second kappa shape index (κ2) is 14.0. The van der Waals surface area contributed by atoms with Crippen LogP contribution in [0.2, 0.25) is 0 Å². The number of amides is 1. The SMILES string of the molecule is CCOC(=O)CC(CCC(=O)N(C)Cc1ccccc1)c1ccc(C)c(CN2C[C@H](C)Oc3ccccc3S2(=O)=O)c1. The summed E-state index contributed by atoms with van der Waals surface area (Å²) in [6, 6.07) is 22.4. The van der Waals surface area contributed by atoms with E-state index in [0.29, 0.717) is 18.7 Å². The quantitative estimate of drug-likeness (QED) is 0.275. The first-order valence-electron chi connectivity index (χ1n) is 14.4. The fourth-order valence-electron chi connectivity index (χ4n) is 5.24. The van der Waals surface area contributed by atoms with Crippen LogP contribution >= 0.6 is 0 Å². The zero-order chi connectivity index (χ0) is 30.3. The number of hydrogen-bond donors (Lipinski definition) is 0. The average molecular weight is 593 g/mol. The number of carbonyl (C=O) groups excluding carboxylic acids is 2. The van der Waals surface area contributed by atoms with E-state index in [1.807, 2.05) is 62.4 Å². The number of sulfonamides is 1. The number of esters is 1. The number of aryl methyl sites for hydroxylation is 1. The zero-order valence-corrected chi connectivity index (χ0v) is 25.6. The lowest BCUT2D eigenvalue weighted by Gasteiger charge is -2.24. The van der Waals surface area contributed by atoms with Crippen molar-refractivity contribution in [3.05, 3.63) is 95.1 Å². The number of para-hydroxylation sites is 1. The van der Waals surface area contributed by atoms with Crippen molar-refractivity contribution in [2.75, 3.05) is 20.2 Å². The lowest BCUT2D eigenvalue weighted by molar-refractivity contribution is -0.143. The molecule has 0 N–H and O–H groups in total. The maximum atomic E-state index is 13.6. The van der Waals surface area contributed by atoms with E-state index in [1.54, 1.807) is 43.1 Å². The van der Waals surface area contributed by atoms with Gasteiger partial charge < -0.3 is 14.4 Å². The van der Waals surface area contributed by atoms with Crippen molar-refractivity contribution in [1.29, 1.82) is 0 Å². The summed E-state index contributed by atoms with van der Waals surface area (Å²) in [6.07, 6.45) is 0.525. The molecule has 0 radical (unpaired) electrons. The summed E-state index contributed by atoms with van der Waals surface area (Å²) in [5, 5.41) is 0. The second-order valence-corrected chi connectivity index (χ2v) is 12.7. The fraction of sp³-hybridized carbons (Fsp3) is 0.394. The van der Waals surface area contributed by atoms with E-state index in [2.05, 4.69) is 0 Å². The van der Waals surface area contributed by atoms with Crippen LogP contribution in [0.1, 0.15) is 61.3 Å². The molecule has 4 rings (SSSR count). The minimum absolute atomic E-state index is 0.0108. The summed E-state index contributed by atoms with van der Waals surface area (Å²) in [4.78, 5) is 27.5. The van der Waals surface area contributed by atoms with Gasteiger partial charge in [-0.2, -0.15) is 4.31 Å². The van der Waals surface area contributed by atoms with Crippen LogP contribution in [0.4, 0.5) is 0 Å². The highest BCUT2D eigenvalue weighted by Crippen LogP contribution is 2.33. The van der Waals surface area contributed by atoms with Crippen LogP contribution in [-0.2, 0) is 37.4 Å². The van der Waals surface area contributed by atoms with Crippen molar-refractivity contribution >= 4 is 21.9 Å². The Labute approximate surface area is 249 Å². The zero-order valence-electron chi connectivity index (χ0n) is 24.8. The van der Waals surface area contributed by atoms with Crippen molar-refractivity contribution in [2.45, 2.75) is 70.0 Å². The van der Waals surface area contributed by atoms with Gasteiger partial charge in [0, 0.05) is 26.6 Å². The molecule has 8 nitrogen and oxygen atoms in total. The molecule has 3 aromatic carbocycles. The molecule has 0 aromatic heterocycles. The highest BCUT2D eigenvalue weighted by Gasteiger charge is 2.33. The highest BCUT2D eigenvalue weighted by molar-refractivity contribution is 7.89. The van der Waals surface area contributed by atoms with Crippen molar-refractivity contribution in [1.82, 2.24) is 9.21 Å². The van der Waals surface area contributed by atoms with Gasteiger partial charge in [0.1, 0.15) is 16.7 Å². The summed E-state index contributed by atoms with van der Waals surface area (Å²) < 4.78 is 39.9. The molecule has 0 aliphatic carbocycles. The lowest BCUT2D eigenvalue weighted by Crippen LogP contribution is -2.35. The van der Waals surface area contributed by atoms with E-state index >= 15 is 0 Å².